The van der Waals surface area contributed by atoms with Gasteiger partial charge >= 0.3 is 0 Å². The zero-order valence-corrected chi connectivity index (χ0v) is 13.3. The van der Waals surface area contributed by atoms with E-state index in [9.17, 15) is 10.1 Å². The maximum Gasteiger partial charge on any atom is 0.207 e. The van der Waals surface area contributed by atoms with E-state index in [2.05, 4.69) is 13.7 Å². The summed E-state index contributed by atoms with van der Waals surface area (Å²) in [5.74, 6) is -1.34. The van der Waals surface area contributed by atoms with E-state index in [1.165, 1.54) is 17.5 Å². The smallest absolute Gasteiger partial charge is 0.207 e. The molecule has 2 aromatic heterocycles. The van der Waals surface area contributed by atoms with Crippen molar-refractivity contribution in [1.82, 2.24) is 13.7 Å². The van der Waals surface area contributed by atoms with Gasteiger partial charge in [-0.3, -0.25) is 4.79 Å². The van der Waals surface area contributed by atoms with Crippen LogP contribution in [-0.4, -0.2) is 19.5 Å². The van der Waals surface area contributed by atoms with Crippen molar-refractivity contribution in [3.05, 3.63) is 51.6 Å². The molecule has 1 atom stereocenters. The van der Waals surface area contributed by atoms with Gasteiger partial charge in [0.2, 0.25) is 5.78 Å². The molecule has 0 amide bonds. The maximum atomic E-state index is 12.3. The molecule has 0 bridgehead atoms. The molecule has 0 saturated carbocycles. The second-order valence-electron chi connectivity index (χ2n) is 4.30. The minimum Gasteiger partial charge on any atom is -0.290 e. The quantitative estimate of drug-likeness (QED) is 0.671. The van der Waals surface area contributed by atoms with Crippen LogP contribution in [0.4, 0.5) is 0 Å². The van der Waals surface area contributed by atoms with Crippen molar-refractivity contribution in [2.45, 2.75) is 5.92 Å². The van der Waals surface area contributed by atoms with E-state index in [4.69, 9.17) is 11.6 Å². The van der Waals surface area contributed by atoms with Crippen LogP contribution in [0, 0.1) is 11.3 Å². The number of rotatable bonds is 4. The van der Waals surface area contributed by atoms with E-state index >= 15 is 0 Å². The largest absolute Gasteiger partial charge is 0.290 e. The normalized spacial score (nSPS) is 11.8. The first-order valence-corrected chi connectivity index (χ1v) is 8.10. The molecule has 22 heavy (non-hydrogen) atoms. The SMILES string of the molecule is N#C[C@H](C(=O)c1cnsn1)c1nc(-c2ccc(Cl)cc2)cs1. The molecule has 0 fully saturated rings. The molecule has 0 aliphatic rings. The molecule has 108 valence electrons. The third kappa shape index (κ3) is 2.90. The van der Waals surface area contributed by atoms with Crippen LogP contribution in [0.25, 0.3) is 11.3 Å². The number of aromatic nitrogens is 3. The fourth-order valence-electron chi connectivity index (χ4n) is 1.82. The zero-order chi connectivity index (χ0) is 15.5. The lowest BCUT2D eigenvalue weighted by atomic mass is 10.0. The van der Waals surface area contributed by atoms with Gasteiger partial charge in [0.15, 0.2) is 5.92 Å². The Bertz CT molecular complexity index is 837. The van der Waals surface area contributed by atoms with Gasteiger partial charge < -0.3 is 0 Å². The first-order chi connectivity index (χ1) is 10.7. The highest BCUT2D eigenvalue weighted by atomic mass is 35.5. The summed E-state index contributed by atoms with van der Waals surface area (Å²) in [6.45, 7) is 0. The van der Waals surface area contributed by atoms with Crippen molar-refractivity contribution in [3.8, 4) is 17.3 Å². The van der Waals surface area contributed by atoms with Crippen molar-refractivity contribution in [2.24, 2.45) is 0 Å². The fourth-order valence-corrected chi connectivity index (χ4v) is 3.23. The summed E-state index contributed by atoms with van der Waals surface area (Å²) >= 11 is 8.07. The van der Waals surface area contributed by atoms with Crippen LogP contribution in [0.1, 0.15) is 21.4 Å². The summed E-state index contributed by atoms with van der Waals surface area (Å²) in [6.07, 6.45) is 1.37. The lowest BCUT2D eigenvalue weighted by molar-refractivity contribution is 0.0975. The number of hydrogen-bond donors (Lipinski definition) is 0. The predicted octanol–water partition coefficient (Wildman–Crippen LogP) is 3.81. The highest BCUT2D eigenvalue weighted by Gasteiger charge is 2.26. The van der Waals surface area contributed by atoms with Crippen molar-refractivity contribution < 1.29 is 4.79 Å². The Hall–Kier alpha value is -2.14. The van der Waals surface area contributed by atoms with Gasteiger partial charge in [-0.05, 0) is 12.1 Å². The monoisotopic (exact) mass is 346 g/mol. The summed E-state index contributed by atoms with van der Waals surface area (Å²) in [5, 5.41) is 12.2. The molecule has 0 unspecified atom stereocenters. The number of nitrogens with zero attached hydrogens (tertiary/aromatic N) is 4. The Balaban J connectivity index is 1.90. The lowest BCUT2D eigenvalue weighted by Crippen LogP contribution is -2.11. The number of hydrogen-bond acceptors (Lipinski definition) is 7. The van der Waals surface area contributed by atoms with Gasteiger partial charge in [-0.2, -0.15) is 14.0 Å². The topological polar surface area (TPSA) is 79.5 Å². The van der Waals surface area contributed by atoms with E-state index < -0.39 is 5.92 Å². The summed E-state index contributed by atoms with van der Waals surface area (Å²) in [7, 11) is 0. The number of Topliss-reactive ketones (excluding diaryl/α,β-unsaturated/α-hetero) is 1. The summed E-state index contributed by atoms with van der Waals surface area (Å²) in [4.78, 5) is 16.7. The molecule has 0 aliphatic heterocycles. The highest BCUT2D eigenvalue weighted by molar-refractivity contribution is 7.10. The molecule has 3 rings (SSSR count). The van der Waals surface area contributed by atoms with Crippen LogP contribution in [0.3, 0.4) is 0 Å². The Labute approximate surface area is 139 Å². The predicted molar refractivity (Wildman–Crippen MR) is 85.2 cm³/mol. The number of ketones is 1. The molecular weight excluding hydrogens is 340 g/mol. The molecule has 8 heteroatoms. The van der Waals surface area contributed by atoms with Gasteiger partial charge in [0.1, 0.15) is 10.7 Å². The second-order valence-corrected chi connectivity index (χ2v) is 6.18. The third-order valence-electron chi connectivity index (χ3n) is 2.91. The highest BCUT2D eigenvalue weighted by Crippen LogP contribution is 2.28. The van der Waals surface area contributed by atoms with Gasteiger partial charge in [0, 0.05) is 16.0 Å². The average molecular weight is 347 g/mol. The first-order valence-electron chi connectivity index (χ1n) is 6.12. The van der Waals surface area contributed by atoms with Gasteiger partial charge in [0.05, 0.1) is 29.7 Å². The second kappa shape index (κ2) is 6.32. The van der Waals surface area contributed by atoms with E-state index in [1.807, 2.05) is 23.6 Å². The Morgan fingerprint density at radius 1 is 1.32 bits per heavy atom. The van der Waals surface area contributed by atoms with Crippen molar-refractivity contribution in [1.29, 1.82) is 5.26 Å². The Morgan fingerprint density at radius 3 is 2.73 bits per heavy atom. The minimum absolute atomic E-state index is 0.194. The summed E-state index contributed by atoms with van der Waals surface area (Å²) in [6, 6.07) is 9.21. The number of thiazole rings is 1. The minimum atomic E-state index is -0.963. The molecule has 0 spiro atoms. The number of halogens is 1. The Morgan fingerprint density at radius 2 is 2.09 bits per heavy atom. The van der Waals surface area contributed by atoms with Crippen molar-refractivity contribution in [2.75, 3.05) is 0 Å². The zero-order valence-electron chi connectivity index (χ0n) is 10.9. The average Bonchev–Trinajstić information content (AvgIpc) is 3.20. The summed E-state index contributed by atoms with van der Waals surface area (Å²) in [5.41, 5.74) is 1.78. The number of carbonyl (C=O) groups excluding carboxylic acids is 1. The number of nitriles is 1. The van der Waals surface area contributed by atoms with Gasteiger partial charge in [0.25, 0.3) is 0 Å². The molecule has 2 heterocycles. The van der Waals surface area contributed by atoms with Crippen LogP contribution < -0.4 is 0 Å². The molecule has 0 radical (unpaired) electrons. The molecule has 5 nitrogen and oxygen atoms in total. The van der Waals surface area contributed by atoms with Gasteiger partial charge in [-0.15, -0.1) is 11.3 Å². The van der Waals surface area contributed by atoms with Gasteiger partial charge in [-0.25, -0.2) is 4.98 Å². The maximum absolute atomic E-state index is 12.3. The van der Waals surface area contributed by atoms with Crippen molar-refractivity contribution in [3.63, 3.8) is 0 Å². The molecule has 0 saturated heterocycles. The standard InChI is InChI=1S/C14H7ClN4OS2/c15-9-3-1-8(2-4-9)12-7-21-14(18-12)10(5-16)13(20)11-6-17-22-19-11/h1-4,6-7,10H/t10-/m1/s1. The van der Waals surface area contributed by atoms with Crippen LogP contribution in [0.5, 0.6) is 0 Å². The molecule has 3 aromatic rings. The molecule has 1 aromatic carbocycles. The van der Waals surface area contributed by atoms with Crippen LogP contribution >= 0.6 is 34.7 Å². The number of benzene rings is 1. The lowest BCUT2D eigenvalue weighted by Gasteiger charge is -2.01. The van der Waals surface area contributed by atoms with E-state index in [-0.39, 0.29) is 11.5 Å². The van der Waals surface area contributed by atoms with Crippen molar-refractivity contribution >= 4 is 40.4 Å². The van der Waals surface area contributed by atoms with E-state index in [0.29, 0.717) is 15.7 Å². The van der Waals surface area contributed by atoms with E-state index in [0.717, 1.165) is 17.3 Å². The number of carbonyl (C=O) groups is 1. The molecule has 0 N–H and O–H groups in total. The van der Waals surface area contributed by atoms with Crippen LogP contribution in [0.2, 0.25) is 5.02 Å². The van der Waals surface area contributed by atoms with Crippen LogP contribution in [-0.2, 0) is 0 Å². The van der Waals surface area contributed by atoms with E-state index in [1.54, 1.807) is 12.1 Å². The van der Waals surface area contributed by atoms with Gasteiger partial charge in [-0.1, -0.05) is 23.7 Å². The Kier molecular flexibility index (Phi) is 4.24. The molecule has 0 aliphatic carbocycles. The third-order valence-corrected chi connectivity index (χ3v) is 4.55. The van der Waals surface area contributed by atoms with Crippen LogP contribution in [0.15, 0.2) is 35.8 Å². The fraction of sp³-hybridized carbons (Fsp3) is 0.0714. The summed E-state index contributed by atoms with van der Waals surface area (Å²) < 4.78 is 7.66. The molecular formula is C14H7ClN4OS2. The first kappa shape index (κ1) is 14.8.